The van der Waals surface area contributed by atoms with Crippen molar-refractivity contribution >= 4 is 0 Å². The van der Waals surface area contributed by atoms with Crippen molar-refractivity contribution < 1.29 is 9.78 Å². The Hall–Kier alpha value is -0.0800. The normalized spacial score (nSPS) is 24.0. The van der Waals surface area contributed by atoms with E-state index in [1.807, 2.05) is 0 Å². The van der Waals surface area contributed by atoms with Crippen LogP contribution in [-0.4, -0.2) is 6.61 Å². The van der Waals surface area contributed by atoms with Crippen LogP contribution < -0.4 is 0 Å². The first-order chi connectivity index (χ1) is 3.50. The second-order valence-corrected chi connectivity index (χ2v) is 1.58. The smallest absolute Gasteiger partial charge is 0.122 e. The van der Waals surface area contributed by atoms with E-state index in [4.69, 9.17) is 0 Å². The molecule has 1 saturated heterocycles. The molecule has 0 aliphatic carbocycles. The fraction of sp³-hybridized carbons (Fsp3) is 0.800. The molecule has 2 heteroatoms. The van der Waals surface area contributed by atoms with Gasteiger partial charge in [0.15, 0.2) is 0 Å². The molecule has 0 unspecified atom stereocenters. The molecule has 1 heterocycles. The molecule has 0 N–H and O–H groups in total. The van der Waals surface area contributed by atoms with Gasteiger partial charge < -0.3 is 0 Å². The summed E-state index contributed by atoms with van der Waals surface area (Å²) in [5.41, 5.74) is 0. The van der Waals surface area contributed by atoms with Crippen LogP contribution in [0.1, 0.15) is 19.3 Å². The Labute approximate surface area is 43.3 Å². The molecule has 0 aromatic heterocycles. The van der Waals surface area contributed by atoms with E-state index in [9.17, 15) is 0 Å². The number of rotatable bonds is 0. The Morgan fingerprint density at radius 3 is 3.29 bits per heavy atom. The van der Waals surface area contributed by atoms with Crippen molar-refractivity contribution in [1.82, 2.24) is 0 Å². The minimum atomic E-state index is 0.747. The van der Waals surface area contributed by atoms with Gasteiger partial charge in [-0.3, -0.25) is 0 Å². The molecule has 1 rings (SSSR count). The first-order valence-electron chi connectivity index (χ1n) is 2.60. The van der Waals surface area contributed by atoms with Crippen molar-refractivity contribution in [1.29, 1.82) is 0 Å². The van der Waals surface area contributed by atoms with E-state index in [1.165, 1.54) is 6.42 Å². The van der Waals surface area contributed by atoms with Crippen molar-refractivity contribution in [3.8, 4) is 0 Å². The molecule has 1 aliphatic rings. The van der Waals surface area contributed by atoms with Gasteiger partial charge in [0.2, 0.25) is 0 Å². The molecule has 2 nitrogen and oxygen atoms in total. The lowest BCUT2D eigenvalue weighted by Gasteiger charge is -1.91. The fourth-order valence-electron chi connectivity index (χ4n) is 0.533. The van der Waals surface area contributed by atoms with E-state index in [0.717, 1.165) is 19.4 Å². The van der Waals surface area contributed by atoms with Crippen LogP contribution in [0.3, 0.4) is 0 Å². The average molecular weight is 101 g/mol. The van der Waals surface area contributed by atoms with Crippen molar-refractivity contribution in [3.63, 3.8) is 0 Å². The number of hydrogen-bond donors (Lipinski definition) is 0. The molecule has 7 heavy (non-hydrogen) atoms. The molecule has 1 radical (unpaired) electrons. The van der Waals surface area contributed by atoms with E-state index >= 15 is 0 Å². The molecule has 0 amide bonds. The van der Waals surface area contributed by atoms with Gasteiger partial charge in [-0.15, -0.1) is 0 Å². The maximum Gasteiger partial charge on any atom is 0.122 e. The summed E-state index contributed by atoms with van der Waals surface area (Å²) in [6.45, 7) is 2.45. The minimum absolute atomic E-state index is 0.747. The van der Waals surface area contributed by atoms with Crippen LogP contribution >= 0.6 is 0 Å². The van der Waals surface area contributed by atoms with Crippen molar-refractivity contribution in [2.75, 3.05) is 6.61 Å². The Kier molecular flexibility index (Phi) is 2.17. The summed E-state index contributed by atoms with van der Waals surface area (Å²) < 4.78 is 0. The van der Waals surface area contributed by atoms with Crippen LogP contribution in [0.2, 0.25) is 0 Å². The Balaban J connectivity index is 2.04. The third-order valence-electron chi connectivity index (χ3n) is 0.936. The molecule has 1 aliphatic heterocycles. The van der Waals surface area contributed by atoms with Gasteiger partial charge in [0, 0.05) is 0 Å². The summed E-state index contributed by atoms with van der Waals surface area (Å²) in [7, 11) is 0. The van der Waals surface area contributed by atoms with E-state index in [0.29, 0.717) is 0 Å². The lowest BCUT2D eigenvalue weighted by atomic mass is 10.3. The quantitative estimate of drug-likeness (QED) is 0.428. The van der Waals surface area contributed by atoms with Gasteiger partial charge in [-0.1, -0.05) is 0 Å². The SMILES string of the molecule is [CH]1CCCCOO1. The standard InChI is InChI=1S/C5H9O2/c1-2-4-6-7-5-3-1/h4H,1-3,5H2. The van der Waals surface area contributed by atoms with Gasteiger partial charge >= 0.3 is 0 Å². The topological polar surface area (TPSA) is 18.5 Å². The summed E-state index contributed by atoms with van der Waals surface area (Å²) in [4.78, 5) is 9.21. The van der Waals surface area contributed by atoms with Crippen LogP contribution in [0.15, 0.2) is 0 Å². The Morgan fingerprint density at radius 1 is 1.29 bits per heavy atom. The molecule has 0 bridgehead atoms. The molecule has 0 saturated carbocycles. The lowest BCUT2D eigenvalue weighted by molar-refractivity contribution is -0.262. The van der Waals surface area contributed by atoms with E-state index in [-0.39, 0.29) is 0 Å². The monoisotopic (exact) mass is 101 g/mol. The highest BCUT2D eigenvalue weighted by Gasteiger charge is 1.96. The minimum Gasteiger partial charge on any atom is -0.236 e. The van der Waals surface area contributed by atoms with Gasteiger partial charge in [-0.05, 0) is 19.3 Å². The first kappa shape index (κ1) is 5.06. The van der Waals surface area contributed by atoms with Crippen LogP contribution in [0.4, 0.5) is 0 Å². The molecule has 41 valence electrons. The molecule has 1 fully saturated rings. The Bertz CT molecular complexity index is 25.7. The van der Waals surface area contributed by atoms with Gasteiger partial charge in [-0.25, -0.2) is 9.78 Å². The molecule has 0 aromatic carbocycles. The molecular formula is C5H9O2. The summed E-state index contributed by atoms with van der Waals surface area (Å²) >= 11 is 0. The van der Waals surface area contributed by atoms with Crippen LogP contribution in [0, 0.1) is 6.61 Å². The molecule has 0 aromatic rings. The summed E-state index contributed by atoms with van der Waals surface area (Å²) in [5, 5.41) is 0. The molecule has 0 atom stereocenters. The van der Waals surface area contributed by atoms with E-state index in [2.05, 4.69) is 9.78 Å². The number of hydrogen-bond acceptors (Lipinski definition) is 2. The predicted molar refractivity (Wildman–Crippen MR) is 25.2 cm³/mol. The van der Waals surface area contributed by atoms with Gasteiger partial charge in [0.25, 0.3) is 0 Å². The zero-order chi connectivity index (χ0) is 4.95. The van der Waals surface area contributed by atoms with E-state index in [1.54, 1.807) is 6.61 Å². The molecular weight excluding hydrogens is 92.1 g/mol. The first-order valence-corrected chi connectivity index (χ1v) is 2.60. The van der Waals surface area contributed by atoms with E-state index < -0.39 is 0 Å². The zero-order valence-electron chi connectivity index (χ0n) is 4.22. The molecule has 0 spiro atoms. The summed E-state index contributed by atoms with van der Waals surface area (Å²) in [6, 6.07) is 0. The van der Waals surface area contributed by atoms with Crippen molar-refractivity contribution in [3.05, 3.63) is 6.61 Å². The maximum absolute atomic E-state index is 4.64. The largest absolute Gasteiger partial charge is 0.236 e. The Morgan fingerprint density at radius 2 is 2.29 bits per heavy atom. The van der Waals surface area contributed by atoms with Crippen LogP contribution in [-0.2, 0) is 9.78 Å². The lowest BCUT2D eigenvalue weighted by Crippen LogP contribution is -1.86. The van der Waals surface area contributed by atoms with Crippen molar-refractivity contribution in [2.24, 2.45) is 0 Å². The van der Waals surface area contributed by atoms with Gasteiger partial charge in [-0.2, -0.15) is 0 Å². The summed E-state index contributed by atoms with van der Waals surface area (Å²) in [5.74, 6) is 0. The van der Waals surface area contributed by atoms with Crippen LogP contribution in [0.25, 0.3) is 0 Å². The third kappa shape index (κ3) is 1.90. The van der Waals surface area contributed by atoms with Gasteiger partial charge in [0.05, 0.1) is 6.61 Å². The fourth-order valence-corrected chi connectivity index (χ4v) is 0.533. The second kappa shape index (κ2) is 2.99. The maximum atomic E-state index is 4.64. The van der Waals surface area contributed by atoms with Crippen molar-refractivity contribution in [2.45, 2.75) is 19.3 Å². The van der Waals surface area contributed by atoms with Gasteiger partial charge in [0.1, 0.15) is 6.61 Å². The third-order valence-corrected chi connectivity index (χ3v) is 0.936. The predicted octanol–water partition coefficient (Wildman–Crippen LogP) is 1.28. The van der Waals surface area contributed by atoms with Crippen LogP contribution in [0.5, 0.6) is 0 Å². The highest BCUT2D eigenvalue weighted by molar-refractivity contribution is 4.50. The highest BCUT2D eigenvalue weighted by Crippen LogP contribution is 2.05. The second-order valence-electron chi connectivity index (χ2n) is 1.58. The highest BCUT2D eigenvalue weighted by atomic mass is 17.2. The summed E-state index contributed by atoms with van der Waals surface area (Å²) in [6.07, 6.45) is 3.34. The average Bonchev–Trinajstić information content (AvgIpc) is 1.90. The zero-order valence-corrected chi connectivity index (χ0v) is 4.22.